The number of nitrogens with one attached hydrogen (secondary N) is 3. The first-order chi connectivity index (χ1) is 14.1. The monoisotopic (exact) mass is 413 g/mol. The Labute approximate surface area is 177 Å². The fourth-order valence-electron chi connectivity index (χ4n) is 3.92. The van der Waals surface area contributed by atoms with E-state index in [-0.39, 0.29) is 24.9 Å². The van der Waals surface area contributed by atoms with Crippen LogP contribution in [0.3, 0.4) is 0 Å². The molecule has 1 aliphatic carbocycles. The van der Waals surface area contributed by atoms with E-state index in [4.69, 9.17) is 11.1 Å². The van der Waals surface area contributed by atoms with Crippen molar-refractivity contribution in [2.24, 2.45) is 11.1 Å². The molecule has 2 aliphatic rings. The Morgan fingerprint density at radius 2 is 1.87 bits per heavy atom. The van der Waals surface area contributed by atoms with Gasteiger partial charge in [0.05, 0.1) is 24.7 Å². The van der Waals surface area contributed by atoms with Gasteiger partial charge in [-0.2, -0.15) is 0 Å². The summed E-state index contributed by atoms with van der Waals surface area (Å²) in [5, 5.41) is 23.6. The number of carbonyl (C=O) groups is 2. The largest absolute Gasteiger partial charge is 0.400 e. The van der Waals surface area contributed by atoms with Gasteiger partial charge in [0.15, 0.2) is 0 Å². The van der Waals surface area contributed by atoms with Crippen LogP contribution in [-0.2, 0) is 4.79 Å². The number of nitrogens with zero attached hydrogens (tertiary/aromatic N) is 1. The number of amides is 3. The van der Waals surface area contributed by atoms with Crippen molar-refractivity contribution in [1.82, 2.24) is 15.5 Å². The van der Waals surface area contributed by atoms with Gasteiger partial charge in [-0.15, -0.1) is 0 Å². The minimum Gasteiger partial charge on any atom is -0.400 e. The van der Waals surface area contributed by atoms with E-state index in [2.05, 4.69) is 10.6 Å². The molecule has 0 aromatic heterocycles. The summed E-state index contributed by atoms with van der Waals surface area (Å²) in [5.41, 5.74) is 6.64. The average molecular weight is 414 g/mol. The molecule has 162 valence electrons. The number of aliphatic hydroxyl groups is 1. The molecule has 3 amide bonds. The highest BCUT2D eigenvalue weighted by Crippen LogP contribution is 2.40. The van der Waals surface area contributed by atoms with Crippen LogP contribution in [0.25, 0.3) is 0 Å². The van der Waals surface area contributed by atoms with Crippen LogP contribution in [0.4, 0.5) is 4.79 Å². The topological polar surface area (TPSA) is 132 Å². The van der Waals surface area contributed by atoms with E-state index in [0.717, 1.165) is 24.8 Å². The predicted octanol–water partition coefficient (Wildman–Crippen LogP) is 2.02. The van der Waals surface area contributed by atoms with Gasteiger partial charge in [-0.05, 0) is 32.3 Å². The highest BCUT2D eigenvalue weighted by Gasteiger charge is 2.44. The molecule has 30 heavy (non-hydrogen) atoms. The molecule has 1 atom stereocenters. The number of urea groups is 1. The van der Waals surface area contributed by atoms with Gasteiger partial charge in [0, 0.05) is 16.7 Å². The van der Waals surface area contributed by atoms with Crippen LogP contribution in [0, 0.1) is 10.8 Å². The Morgan fingerprint density at radius 3 is 2.40 bits per heavy atom. The number of carbonyl (C=O) groups excluding carboxylic acids is 2. The molecule has 1 saturated carbocycles. The van der Waals surface area contributed by atoms with Crippen LogP contribution in [0.1, 0.15) is 51.6 Å². The molecule has 1 aromatic carbocycles. The maximum absolute atomic E-state index is 13.0. The Morgan fingerprint density at radius 1 is 1.23 bits per heavy atom. The van der Waals surface area contributed by atoms with Crippen LogP contribution in [-0.4, -0.2) is 46.5 Å². The van der Waals surface area contributed by atoms with Crippen molar-refractivity contribution in [2.75, 3.05) is 13.2 Å². The Hall–Kier alpha value is -2.87. The maximum atomic E-state index is 13.0. The average Bonchev–Trinajstić information content (AvgIpc) is 2.94. The van der Waals surface area contributed by atoms with E-state index >= 15 is 0 Å². The zero-order valence-corrected chi connectivity index (χ0v) is 17.8. The lowest BCUT2D eigenvalue weighted by molar-refractivity contribution is -0.132. The summed E-state index contributed by atoms with van der Waals surface area (Å²) >= 11 is 0. The molecule has 1 unspecified atom stereocenters. The Kier molecular flexibility index (Phi) is 5.90. The number of hydrogen-bond acceptors (Lipinski definition) is 5. The van der Waals surface area contributed by atoms with Gasteiger partial charge < -0.3 is 26.4 Å². The van der Waals surface area contributed by atoms with Crippen molar-refractivity contribution in [2.45, 2.75) is 51.6 Å². The van der Waals surface area contributed by atoms with Crippen molar-refractivity contribution < 1.29 is 14.7 Å². The number of nitrogens with two attached hydrogens (primary N) is 1. The smallest absolute Gasteiger partial charge is 0.319 e. The van der Waals surface area contributed by atoms with Crippen LogP contribution in [0.5, 0.6) is 0 Å². The van der Waals surface area contributed by atoms with E-state index in [1.165, 1.54) is 4.90 Å². The first-order valence-corrected chi connectivity index (χ1v) is 10.2. The summed E-state index contributed by atoms with van der Waals surface area (Å²) in [7, 11) is 0. The number of rotatable bonds is 5. The van der Waals surface area contributed by atoms with Crippen LogP contribution in [0.2, 0.25) is 0 Å². The second kappa shape index (κ2) is 8.10. The van der Waals surface area contributed by atoms with Crippen LogP contribution >= 0.6 is 0 Å². The van der Waals surface area contributed by atoms with Gasteiger partial charge >= 0.3 is 6.03 Å². The van der Waals surface area contributed by atoms with E-state index < -0.39 is 23.0 Å². The predicted molar refractivity (Wildman–Crippen MR) is 115 cm³/mol. The van der Waals surface area contributed by atoms with Gasteiger partial charge in [0.1, 0.15) is 5.84 Å². The number of amidine groups is 1. The minimum atomic E-state index is -0.840. The molecule has 1 aliphatic heterocycles. The molecule has 0 radical (unpaired) electrons. The molecule has 1 heterocycles. The molecule has 8 heteroatoms. The third-order valence-corrected chi connectivity index (χ3v) is 6.45. The van der Waals surface area contributed by atoms with Gasteiger partial charge in [-0.3, -0.25) is 10.2 Å². The lowest BCUT2D eigenvalue weighted by Crippen LogP contribution is -2.52. The highest BCUT2D eigenvalue weighted by molar-refractivity contribution is 6.09. The first kappa shape index (κ1) is 21.8. The molecule has 1 fully saturated rings. The lowest BCUT2D eigenvalue weighted by Gasteiger charge is -2.36. The van der Waals surface area contributed by atoms with Crippen LogP contribution < -0.4 is 16.4 Å². The van der Waals surface area contributed by atoms with Crippen molar-refractivity contribution >= 4 is 17.8 Å². The SMILES string of the molecule is CC1(C(=O)NC(=N)C2=C(N)C(C)(C)N(C(=O)NC(CO)c3ccccc3)C2)CCC1. The van der Waals surface area contributed by atoms with Gasteiger partial charge in [-0.25, -0.2) is 4.79 Å². The molecule has 8 nitrogen and oxygen atoms in total. The van der Waals surface area contributed by atoms with Crippen molar-refractivity contribution in [3.05, 3.63) is 47.2 Å². The van der Waals surface area contributed by atoms with Crippen molar-refractivity contribution in [3.63, 3.8) is 0 Å². The molecular weight excluding hydrogens is 382 g/mol. The fourth-order valence-corrected chi connectivity index (χ4v) is 3.92. The van der Waals surface area contributed by atoms with Gasteiger partial charge in [-0.1, -0.05) is 43.7 Å². The minimum absolute atomic E-state index is 0.0595. The third kappa shape index (κ3) is 3.92. The van der Waals surface area contributed by atoms with Gasteiger partial charge in [0.2, 0.25) is 5.91 Å². The zero-order valence-electron chi connectivity index (χ0n) is 17.8. The molecule has 1 aromatic rings. The number of aliphatic hydroxyl groups excluding tert-OH is 1. The summed E-state index contributed by atoms with van der Waals surface area (Å²) in [6.45, 7) is 5.35. The Bertz CT molecular complexity index is 874. The maximum Gasteiger partial charge on any atom is 0.319 e. The van der Waals surface area contributed by atoms with E-state index in [0.29, 0.717) is 11.3 Å². The second-order valence-electron chi connectivity index (χ2n) is 8.88. The summed E-state index contributed by atoms with van der Waals surface area (Å²) < 4.78 is 0. The molecule has 3 rings (SSSR count). The quantitative estimate of drug-likeness (QED) is 0.373. The molecule has 0 bridgehead atoms. The molecule has 6 N–H and O–H groups in total. The lowest BCUT2D eigenvalue weighted by atomic mass is 9.70. The number of hydrogen-bond donors (Lipinski definition) is 5. The summed E-state index contributed by atoms with van der Waals surface area (Å²) in [5.74, 6) is -0.236. The molecule has 0 spiro atoms. The second-order valence-corrected chi connectivity index (χ2v) is 8.88. The van der Waals surface area contributed by atoms with Gasteiger partial charge in [0.25, 0.3) is 0 Å². The fraction of sp³-hybridized carbons (Fsp3) is 0.500. The zero-order chi connectivity index (χ0) is 22.1. The highest BCUT2D eigenvalue weighted by atomic mass is 16.3. The summed E-state index contributed by atoms with van der Waals surface area (Å²) in [4.78, 5) is 27.0. The summed E-state index contributed by atoms with van der Waals surface area (Å²) in [6.07, 6.45) is 2.63. The van der Waals surface area contributed by atoms with E-state index in [1.54, 1.807) is 13.8 Å². The van der Waals surface area contributed by atoms with Crippen molar-refractivity contribution in [1.29, 1.82) is 5.41 Å². The molecular formula is C22H31N5O3. The standard InChI is InChI=1S/C22H31N5O3/c1-21(2)17(23)15(18(24)26-19(29)22(3)10-7-11-22)12-27(21)20(30)25-16(13-28)14-8-5-4-6-9-14/h4-6,8-9,16,28H,7,10-13,23H2,1-3H3,(H,25,30)(H2,24,26,29). The normalized spacial score (nSPS) is 20.3. The Balaban J connectivity index is 1.71. The van der Waals surface area contributed by atoms with Crippen LogP contribution in [0.15, 0.2) is 41.6 Å². The molecule has 0 saturated heterocycles. The number of benzene rings is 1. The van der Waals surface area contributed by atoms with E-state index in [9.17, 15) is 14.7 Å². The first-order valence-electron chi connectivity index (χ1n) is 10.2. The van der Waals surface area contributed by atoms with E-state index in [1.807, 2.05) is 37.3 Å². The third-order valence-electron chi connectivity index (χ3n) is 6.45. The summed E-state index contributed by atoms with van der Waals surface area (Å²) in [6, 6.07) is 8.26. The van der Waals surface area contributed by atoms with Crippen molar-refractivity contribution in [3.8, 4) is 0 Å².